The molecule has 0 aromatic heterocycles. The number of ether oxygens (including phenoxy) is 1. The van der Waals surface area contributed by atoms with E-state index in [0.717, 1.165) is 23.8 Å². The lowest BCUT2D eigenvalue weighted by molar-refractivity contribution is -1.03. The van der Waals surface area contributed by atoms with Crippen LogP contribution in [0.1, 0.15) is 22.6 Å². The van der Waals surface area contributed by atoms with Crippen LogP contribution in [0.2, 0.25) is 0 Å². The van der Waals surface area contributed by atoms with E-state index in [9.17, 15) is 8.42 Å². The van der Waals surface area contributed by atoms with Crippen molar-refractivity contribution in [3.8, 4) is 5.75 Å². The minimum absolute atomic E-state index is 0.0120. The van der Waals surface area contributed by atoms with Crippen molar-refractivity contribution in [1.82, 2.24) is 0 Å². The van der Waals surface area contributed by atoms with E-state index in [1.807, 2.05) is 103 Å². The minimum Gasteiger partial charge on any atom is -0.497 e. The SMILES string of the molecule is COc1ccc([I+](OS(=O)(=O)c2ccc(C(c3ccccc3)c3ccccc3)cc2)c2ccccc2)cc1. The van der Waals surface area contributed by atoms with Gasteiger partial charge in [-0.25, -0.2) is 0 Å². The molecular weight excluding hydrogens is 607 g/mol. The Bertz CT molecular complexity index is 1520. The van der Waals surface area contributed by atoms with Crippen LogP contribution < -0.4 is 25.0 Å². The van der Waals surface area contributed by atoms with Crippen LogP contribution in [-0.4, -0.2) is 15.5 Å². The van der Waals surface area contributed by atoms with Crippen LogP contribution in [-0.2, 0) is 12.6 Å². The molecule has 0 heterocycles. The fraction of sp³-hybridized carbons (Fsp3) is 0.0625. The molecular formula is C32H27IO4S+. The molecule has 191 valence electrons. The molecule has 38 heavy (non-hydrogen) atoms. The average molecular weight is 635 g/mol. The van der Waals surface area contributed by atoms with Gasteiger partial charge in [-0.3, -0.25) is 0 Å². The maximum atomic E-state index is 13.5. The summed E-state index contributed by atoms with van der Waals surface area (Å²) in [5, 5.41) is 0. The van der Waals surface area contributed by atoms with Gasteiger partial charge in [-0.1, -0.05) is 91.0 Å². The first-order valence-corrected chi connectivity index (χ1v) is 16.5. The molecule has 0 unspecified atom stereocenters. The molecule has 1 radical (unpaired) electrons. The summed E-state index contributed by atoms with van der Waals surface area (Å²) in [5.74, 6) is 0.699. The number of rotatable bonds is 9. The van der Waals surface area contributed by atoms with Crippen molar-refractivity contribution in [3.63, 3.8) is 0 Å². The van der Waals surface area contributed by atoms with Gasteiger partial charge < -0.3 is 4.74 Å². The molecule has 0 fully saturated rings. The lowest BCUT2D eigenvalue weighted by atomic mass is 9.85. The van der Waals surface area contributed by atoms with E-state index in [1.165, 1.54) is 0 Å². The molecule has 0 saturated carbocycles. The van der Waals surface area contributed by atoms with Crippen molar-refractivity contribution >= 4 is 10.1 Å². The van der Waals surface area contributed by atoms with Gasteiger partial charge in [0.15, 0.2) is 7.14 Å². The van der Waals surface area contributed by atoms with E-state index in [0.29, 0.717) is 5.75 Å². The van der Waals surface area contributed by atoms with Gasteiger partial charge in [-0.2, -0.15) is 8.42 Å². The van der Waals surface area contributed by atoms with Crippen LogP contribution in [0.25, 0.3) is 0 Å². The summed E-state index contributed by atoms with van der Waals surface area (Å²) in [7, 11) is -2.40. The quantitative estimate of drug-likeness (QED) is 0.183. The summed E-state index contributed by atoms with van der Waals surface area (Å²) in [4.78, 5) is 0.146. The number of methoxy groups -OCH3 is 1. The molecule has 0 bridgehead atoms. The van der Waals surface area contributed by atoms with E-state index in [4.69, 9.17) is 7.25 Å². The van der Waals surface area contributed by atoms with Crippen molar-refractivity contribution in [2.75, 3.05) is 7.11 Å². The average Bonchev–Trinajstić information content (AvgIpc) is 2.98. The molecule has 4 nitrogen and oxygen atoms in total. The second-order valence-electron chi connectivity index (χ2n) is 8.54. The van der Waals surface area contributed by atoms with Gasteiger partial charge in [0.05, 0.1) is 12.0 Å². The molecule has 0 atom stereocenters. The number of benzene rings is 5. The fourth-order valence-electron chi connectivity index (χ4n) is 4.23. The molecule has 5 rings (SSSR count). The lowest BCUT2D eigenvalue weighted by Gasteiger charge is -2.19. The van der Waals surface area contributed by atoms with Crippen LogP contribution in [0.5, 0.6) is 5.75 Å². The van der Waals surface area contributed by atoms with Crippen LogP contribution in [0, 0.1) is 7.14 Å². The van der Waals surface area contributed by atoms with E-state index in [-0.39, 0.29) is 10.8 Å². The molecule has 0 amide bonds. The van der Waals surface area contributed by atoms with Crippen LogP contribution >= 0.6 is 0 Å². The Morgan fingerprint density at radius 2 is 1.00 bits per heavy atom. The summed E-state index contributed by atoms with van der Waals surface area (Å²) >= 11 is -2.77. The first-order chi connectivity index (χ1) is 18.5. The third-order valence-electron chi connectivity index (χ3n) is 6.09. The zero-order chi connectivity index (χ0) is 26.4. The third-order valence-corrected chi connectivity index (χ3v) is 13.4. The predicted molar refractivity (Wildman–Crippen MR) is 145 cm³/mol. The van der Waals surface area contributed by atoms with Gasteiger partial charge in [0, 0.05) is 5.92 Å². The predicted octanol–water partition coefficient (Wildman–Crippen LogP) is 3.86. The van der Waals surface area contributed by atoms with Gasteiger partial charge in [0.1, 0.15) is 5.75 Å². The van der Waals surface area contributed by atoms with Crippen molar-refractivity contribution in [2.24, 2.45) is 0 Å². The van der Waals surface area contributed by atoms with Gasteiger partial charge >= 0.3 is 30.4 Å². The zero-order valence-corrected chi connectivity index (χ0v) is 23.7. The highest BCUT2D eigenvalue weighted by Crippen LogP contribution is 2.32. The number of hydrogen-bond donors (Lipinski definition) is 0. The van der Waals surface area contributed by atoms with Gasteiger partial charge in [-0.15, -0.1) is 0 Å². The van der Waals surface area contributed by atoms with Crippen molar-refractivity contribution < 1.29 is 35.9 Å². The first kappa shape index (κ1) is 26.2. The molecule has 5 aromatic rings. The van der Waals surface area contributed by atoms with E-state index in [1.54, 1.807) is 19.2 Å². The van der Waals surface area contributed by atoms with Crippen LogP contribution in [0.3, 0.4) is 0 Å². The van der Waals surface area contributed by atoms with Crippen molar-refractivity contribution in [1.29, 1.82) is 0 Å². The monoisotopic (exact) mass is 634 g/mol. The third kappa shape index (κ3) is 5.99. The Kier molecular flexibility index (Phi) is 8.22. The summed E-state index contributed by atoms with van der Waals surface area (Å²) in [5.41, 5.74) is 3.29. The summed E-state index contributed by atoms with van der Waals surface area (Å²) in [6.07, 6.45) is 0. The second kappa shape index (κ2) is 11.9. The molecule has 0 aliphatic heterocycles. The largest absolute Gasteiger partial charge is 0.497 e. The Morgan fingerprint density at radius 3 is 1.50 bits per heavy atom. The van der Waals surface area contributed by atoms with Crippen LogP contribution in [0.15, 0.2) is 144 Å². The first-order valence-electron chi connectivity index (χ1n) is 12.1. The maximum Gasteiger partial charge on any atom is 0.336 e. The minimum atomic E-state index is -4.00. The van der Waals surface area contributed by atoms with E-state index in [2.05, 4.69) is 24.3 Å². The summed E-state index contributed by atoms with van der Waals surface area (Å²) in [6, 6.07) is 44.5. The maximum absolute atomic E-state index is 13.5. The molecule has 0 N–H and O–H groups in total. The summed E-state index contributed by atoms with van der Waals surface area (Å²) in [6.45, 7) is 0. The van der Waals surface area contributed by atoms with Crippen LogP contribution in [0.4, 0.5) is 0 Å². The Morgan fingerprint density at radius 1 is 0.553 bits per heavy atom. The van der Waals surface area contributed by atoms with Gasteiger partial charge in [-0.05, 0) is 67.7 Å². The molecule has 0 aliphatic rings. The van der Waals surface area contributed by atoms with E-state index < -0.39 is 30.4 Å². The molecule has 6 heteroatoms. The molecule has 0 aliphatic carbocycles. The lowest BCUT2D eigenvalue weighted by Crippen LogP contribution is -3.85. The topological polar surface area (TPSA) is 52.6 Å². The Hall–Kier alpha value is -3.46. The normalized spacial score (nSPS) is 11.6. The molecule has 0 saturated heterocycles. The molecule has 0 spiro atoms. The smallest absolute Gasteiger partial charge is 0.336 e. The Labute approximate surface area is 232 Å². The standard InChI is InChI=1S/C32H27IO4S/c1-36-30-21-19-29(20-22-30)33(28-15-9-4-10-16-28)37-38(34,35)31-23-17-27(18-24-31)32(25-11-5-2-6-12-25)26-13-7-3-8-14-26/h2-24,32H,1H3/q+1. The number of hydrogen-bond acceptors (Lipinski definition) is 4. The second-order valence-corrected chi connectivity index (χ2v) is 15.0. The van der Waals surface area contributed by atoms with Crippen molar-refractivity contribution in [2.45, 2.75) is 10.8 Å². The zero-order valence-electron chi connectivity index (χ0n) is 20.8. The van der Waals surface area contributed by atoms with Crippen molar-refractivity contribution in [3.05, 3.63) is 163 Å². The van der Waals surface area contributed by atoms with E-state index >= 15 is 0 Å². The highest BCUT2D eigenvalue weighted by molar-refractivity contribution is 7.86. The fourth-order valence-corrected chi connectivity index (χ4v) is 11.2. The summed E-state index contributed by atoms with van der Waals surface area (Å²) < 4.78 is 40.1. The van der Waals surface area contributed by atoms with Gasteiger partial charge in [0.2, 0.25) is 0 Å². The Balaban J connectivity index is 1.47. The highest BCUT2D eigenvalue weighted by Gasteiger charge is 2.37. The highest BCUT2D eigenvalue weighted by atomic mass is 127. The molecule has 5 aromatic carbocycles. The van der Waals surface area contributed by atoms with Gasteiger partial charge in [0.25, 0.3) is 0 Å². The number of halogens is 1.